The summed E-state index contributed by atoms with van der Waals surface area (Å²) in [5, 5.41) is 6.23. The SMILES string of the molecule is CC(C)C1=CCC([Si](c2cccc(C(C)C)c2)(c2cccc(C(C)C)c2)c2cccc(C(C)C)c2)=[C]1[Ti+3].[Cl-].[Cl-].[Cl-]. The molecule has 0 saturated carbocycles. The van der Waals surface area contributed by atoms with E-state index in [0.29, 0.717) is 23.7 Å². The van der Waals surface area contributed by atoms with Crippen LogP contribution < -0.4 is 52.8 Å². The van der Waals surface area contributed by atoms with E-state index in [1.54, 1.807) is 5.20 Å². The standard InChI is InChI=1S/C35H43Si.3ClH.Ti/c1-24(2)28-12-9-15-32(20-28)36(35-19-18-31(23-35)27(7)8,33-16-10-13-29(21-33)25(3)4)34-17-11-14-30(22-34)26(5)6;;;;/h9-18,20-22,24-27H,19H2,1-8H3;3*1H;/q;;;;+3/p-3. The molecule has 0 spiro atoms. The van der Waals surface area contributed by atoms with Crippen molar-refractivity contribution in [3.63, 3.8) is 0 Å². The number of hydrogen-bond acceptors (Lipinski definition) is 0. The fourth-order valence-corrected chi connectivity index (χ4v) is 12.7. The maximum atomic E-state index is 2.55. The van der Waals surface area contributed by atoms with Crippen molar-refractivity contribution in [2.45, 2.75) is 79.6 Å². The zero-order chi connectivity index (χ0) is 26.9. The fourth-order valence-electron chi connectivity index (χ4n) is 5.87. The first-order chi connectivity index (χ1) is 17.6. The van der Waals surface area contributed by atoms with Crippen LogP contribution in [0, 0.1) is 5.92 Å². The number of hydrogen-bond donors (Lipinski definition) is 0. The molecule has 4 rings (SSSR count). The fraction of sp³-hybridized carbons (Fsp3) is 0.371. The van der Waals surface area contributed by atoms with Gasteiger partial charge in [-0.1, -0.05) is 0 Å². The predicted octanol–water partition coefficient (Wildman–Crippen LogP) is -1.13. The molecule has 0 saturated heterocycles. The smallest absolute Gasteiger partial charge is 1.00 e. The molecule has 0 heterocycles. The van der Waals surface area contributed by atoms with Crippen molar-refractivity contribution in [2.75, 3.05) is 0 Å². The number of rotatable bonds is 8. The first-order valence-electron chi connectivity index (χ1n) is 14.0. The molecule has 0 N–H and O–H groups in total. The molecule has 0 radical (unpaired) electrons. The van der Waals surface area contributed by atoms with E-state index >= 15 is 0 Å². The minimum atomic E-state index is -2.55. The minimum absolute atomic E-state index is 0. The third-order valence-electron chi connectivity index (χ3n) is 8.15. The van der Waals surface area contributed by atoms with Gasteiger partial charge in [0.1, 0.15) is 0 Å². The molecule has 0 unspecified atom stereocenters. The molecule has 212 valence electrons. The molecule has 0 fully saturated rings. The van der Waals surface area contributed by atoms with Crippen molar-refractivity contribution in [1.82, 2.24) is 0 Å². The van der Waals surface area contributed by atoms with Crippen LogP contribution in [-0.2, 0) is 20.4 Å². The third kappa shape index (κ3) is 7.11. The van der Waals surface area contributed by atoms with E-state index in [9.17, 15) is 0 Å². The molecule has 0 aromatic heterocycles. The zero-order valence-electron chi connectivity index (χ0n) is 25.2. The largest absolute Gasteiger partial charge is 1.00 e. The predicted molar refractivity (Wildman–Crippen MR) is 161 cm³/mol. The Kier molecular flexibility index (Phi) is 14.3. The topological polar surface area (TPSA) is 0 Å². The molecule has 1 aliphatic rings. The van der Waals surface area contributed by atoms with E-state index in [1.807, 2.05) is 0 Å². The molecule has 3 aromatic carbocycles. The molecular weight excluding hydrogens is 603 g/mol. The summed E-state index contributed by atoms with van der Waals surface area (Å²) in [6.45, 7) is 18.6. The van der Waals surface area contributed by atoms with Gasteiger partial charge in [-0.25, -0.2) is 0 Å². The Balaban J connectivity index is 0.00000267. The second-order valence-electron chi connectivity index (χ2n) is 12.0. The van der Waals surface area contributed by atoms with Crippen molar-refractivity contribution in [2.24, 2.45) is 5.92 Å². The molecule has 0 atom stereocenters. The number of benzene rings is 3. The summed E-state index contributed by atoms with van der Waals surface area (Å²) in [5.74, 6) is 2.03. The second-order valence-corrected chi connectivity index (χ2v) is 16.6. The van der Waals surface area contributed by atoms with Crippen molar-refractivity contribution in [3.05, 3.63) is 110 Å². The van der Waals surface area contributed by atoms with Crippen molar-refractivity contribution < 1.29 is 57.7 Å². The van der Waals surface area contributed by atoms with Gasteiger partial charge < -0.3 is 37.2 Å². The van der Waals surface area contributed by atoms with Crippen LogP contribution in [0.2, 0.25) is 0 Å². The van der Waals surface area contributed by atoms with Gasteiger partial charge in [0.05, 0.1) is 0 Å². The van der Waals surface area contributed by atoms with E-state index in [1.165, 1.54) is 41.7 Å². The molecular formula is C35H43Cl3SiTi. The van der Waals surface area contributed by atoms with Crippen molar-refractivity contribution in [3.8, 4) is 0 Å². The van der Waals surface area contributed by atoms with Crippen LogP contribution in [0.5, 0.6) is 0 Å². The Labute approximate surface area is 275 Å². The van der Waals surface area contributed by atoms with Crippen LogP contribution in [0.15, 0.2) is 93.5 Å². The summed E-state index contributed by atoms with van der Waals surface area (Å²) in [7, 11) is -2.55. The molecule has 0 nitrogen and oxygen atoms in total. The maximum absolute atomic E-state index is 2.55. The van der Waals surface area contributed by atoms with Crippen molar-refractivity contribution >= 4 is 23.6 Å². The van der Waals surface area contributed by atoms with Gasteiger partial charge in [0.15, 0.2) is 0 Å². The van der Waals surface area contributed by atoms with Gasteiger partial charge in [-0.05, 0) is 0 Å². The summed E-state index contributed by atoms with van der Waals surface area (Å²) in [6.07, 6.45) is 3.58. The molecule has 0 amide bonds. The first-order valence-corrected chi connectivity index (χ1v) is 16.8. The first kappa shape index (κ1) is 37.0. The van der Waals surface area contributed by atoms with E-state index < -0.39 is 8.07 Å². The van der Waals surface area contributed by atoms with Crippen molar-refractivity contribution in [1.29, 1.82) is 0 Å². The van der Waals surface area contributed by atoms with Gasteiger partial charge in [0, 0.05) is 0 Å². The summed E-state index contributed by atoms with van der Waals surface area (Å²) < 4.78 is 1.53. The third-order valence-corrected chi connectivity index (χ3v) is 14.4. The number of allylic oxidation sites excluding steroid dienone is 4. The molecule has 3 aromatic rings. The molecule has 0 aliphatic heterocycles. The Hall–Kier alpha value is -1.06. The summed E-state index contributed by atoms with van der Waals surface area (Å²) in [6, 6.07) is 28.9. The average Bonchev–Trinajstić information content (AvgIpc) is 3.27. The second kappa shape index (κ2) is 15.4. The quantitative estimate of drug-likeness (QED) is 0.215. The normalized spacial score (nSPS) is 13.4. The maximum Gasteiger partial charge on any atom is -1.00 e. The Morgan fingerprint density at radius 1 is 0.550 bits per heavy atom. The van der Waals surface area contributed by atoms with Gasteiger partial charge in [0.25, 0.3) is 0 Å². The molecule has 0 bridgehead atoms. The summed E-state index contributed by atoms with van der Waals surface area (Å²) in [5.41, 5.74) is 5.83. The Morgan fingerprint density at radius 3 is 1.18 bits per heavy atom. The average molecular weight is 646 g/mol. The van der Waals surface area contributed by atoms with Gasteiger partial charge >= 0.3 is 240 Å². The van der Waals surface area contributed by atoms with E-state index in [-0.39, 0.29) is 37.2 Å². The number of halogens is 3. The van der Waals surface area contributed by atoms with E-state index in [2.05, 4.69) is 155 Å². The van der Waals surface area contributed by atoms with Gasteiger partial charge in [-0.3, -0.25) is 0 Å². The van der Waals surface area contributed by atoms with Gasteiger partial charge in [-0.2, -0.15) is 0 Å². The summed E-state index contributed by atoms with van der Waals surface area (Å²) >= 11 is 2.40. The van der Waals surface area contributed by atoms with Crippen LogP contribution in [-0.4, -0.2) is 8.07 Å². The van der Waals surface area contributed by atoms with Gasteiger partial charge in [0.2, 0.25) is 0 Å². The Morgan fingerprint density at radius 2 is 0.900 bits per heavy atom. The van der Waals surface area contributed by atoms with E-state index in [4.69, 9.17) is 0 Å². The zero-order valence-corrected chi connectivity index (χ0v) is 30.0. The molecule has 5 heteroatoms. The van der Waals surface area contributed by atoms with Crippen LogP contribution in [0.4, 0.5) is 0 Å². The van der Waals surface area contributed by atoms with E-state index in [0.717, 1.165) is 6.42 Å². The summed E-state index contributed by atoms with van der Waals surface area (Å²) in [4.78, 5) is 0. The van der Waals surface area contributed by atoms with Crippen LogP contribution in [0.3, 0.4) is 0 Å². The minimum Gasteiger partial charge on any atom is -1.00 e. The molecule has 40 heavy (non-hydrogen) atoms. The van der Waals surface area contributed by atoms with Gasteiger partial charge in [-0.15, -0.1) is 0 Å². The van der Waals surface area contributed by atoms with Crippen LogP contribution in [0.25, 0.3) is 0 Å². The molecule has 1 aliphatic carbocycles. The monoisotopic (exact) mass is 644 g/mol. The van der Waals surface area contributed by atoms with Crippen LogP contribution >= 0.6 is 0 Å². The van der Waals surface area contributed by atoms with Crippen LogP contribution in [0.1, 0.15) is 96.3 Å². The Bertz CT molecular complexity index is 1210.